The molecule has 18 heteroatoms. The Kier molecular flexibility index (Phi) is 18.2. The number of hydrogen-bond acceptors (Lipinski definition) is 9. The average molecular weight is 798 g/mol. The van der Waals surface area contributed by atoms with Gasteiger partial charge in [0.15, 0.2) is 5.96 Å². The number of para-hydroxylation sites is 1. The summed E-state index contributed by atoms with van der Waals surface area (Å²) in [6.45, 7) is 8.12. The maximum atomic E-state index is 14.3. The zero-order valence-corrected chi connectivity index (χ0v) is 33.6. The van der Waals surface area contributed by atoms with Crippen molar-refractivity contribution in [1.29, 1.82) is 0 Å². The Bertz CT molecular complexity index is 1710. The lowest BCUT2D eigenvalue weighted by atomic mass is 9.95. The molecule has 1 aromatic carbocycles. The van der Waals surface area contributed by atoms with E-state index in [9.17, 15) is 33.9 Å². The highest BCUT2D eigenvalue weighted by molar-refractivity contribution is 5.97. The van der Waals surface area contributed by atoms with E-state index in [0.717, 1.165) is 16.5 Å². The number of H-pyrrole nitrogens is 1. The molecule has 5 amide bonds. The molecule has 2 heterocycles. The third-order valence-electron chi connectivity index (χ3n) is 10.3. The topological polar surface area (TPSA) is 306 Å². The lowest BCUT2D eigenvalue weighted by Gasteiger charge is -2.31. The van der Waals surface area contributed by atoms with E-state index >= 15 is 0 Å². The normalized spacial score (nSPS) is 17.2. The maximum Gasteiger partial charge on any atom is 0.326 e. The van der Waals surface area contributed by atoms with Gasteiger partial charge in [0.05, 0.1) is 6.04 Å². The Balaban J connectivity index is 1.86. The third-order valence-corrected chi connectivity index (χ3v) is 10.3. The molecule has 1 fully saturated rings. The Hall–Kier alpha value is -5.23. The summed E-state index contributed by atoms with van der Waals surface area (Å²) in [6, 6.07) is 1.11. The zero-order valence-electron chi connectivity index (χ0n) is 33.6. The number of carboxylic acid groups (broad SMARTS) is 1. The zero-order chi connectivity index (χ0) is 42.2. The number of nitrogens with zero attached hydrogens (tertiary/aromatic N) is 2. The largest absolute Gasteiger partial charge is 0.480 e. The van der Waals surface area contributed by atoms with Crippen molar-refractivity contribution >= 4 is 52.4 Å². The van der Waals surface area contributed by atoms with Crippen LogP contribution in [0, 0.1) is 11.8 Å². The van der Waals surface area contributed by atoms with Crippen molar-refractivity contribution < 1.29 is 33.9 Å². The van der Waals surface area contributed by atoms with Crippen molar-refractivity contribution in [2.75, 3.05) is 19.6 Å². The highest BCUT2D eigenvalue weighted by Crippen LogP contribution is 2.22. The fourth-order valence-electron chi connectivity index (χ4n) is 6.94. The second-order valence-corrected chi connectivity index (χ2v) is 15.3. The van der Waals surface area contributed by atoms with Crippen LogP contribution in [-0.2, 0) is 35.2 Å². The number of fused-ring (bicyclic) bond motifs is 1. The molecule has 1 aromatic heterocycles. The van der Waals surface area contributed by atoms with Crippen molar-refractivity contribution in [2.45, 2.75) is 122 Å². The van der Waals surface area contributed by atoms with Crippen LogP contribution in [-0.4, -0.2) is 112 Å². The molecule has 1 aliphatic rings. The third kappa shape index (κ3) is 13.7. The summed E-state index contributed by atoms with van der Waals surface area (Å²) in [4.78, 5) is 89.7. The van der Waals surface area contributed by atoms with E-state index in [2.05, 4.69) is 31.2 Å². The van der Waals surface area contributed by atoms with Crippen molar-refractivity contribution in [1.82, 2.24) is 31.2 Å². The first kappa shape index (κ1) is 46.2. The van der Waals surface area contributed by atoms with Crippen molar-refractivity contribution in [2.24, 2.45) is 39.8 Å². The summed E-state index contributed by atoms with van der Waals surface area (Å²) >= 11 is 0. The molecule has 18 nitrogen and oxygen atoms in total. The standard InChI is InChI=1S/C39H63N11O7/c1-5-23(4)31(36(54)48-29(38(56)57)20-22(2)3)49-34(52)28(21-25-11-6-10-24-15-18-44-32(24)25)47-35(53)30-14-9-19-50(30)37(55)27(13-7-16-40)46-33(51)26(41)12-8-17-45-39(42)43/h6,10-11,15,18,22-23,26-31,44H,5,7-9,12-14,16-17,19-21,40-41H2,1-4H3,(H,46,51)(H,47,53)(H,48,54)(H,49,52)(H,56,57)(H4,42,43,45)/t23-,26-,27+,28-,29-,30-,31-/m0/s1. The summed E-state index contributed by atoms with van der Waals surface area (Å²) < 4.78 is 0. The van der Waals surface area contributed by atoms with E-state index in [1.165, 1.54) is 4.90 Å². The fourth-order valence-corrected chi connectivity index (χ4v) is 6.94. The van der Waals surface area contributed by atoms with E-state index in [4.69, 9.17) is 22.9 Å². The summed E-state index contributed by atoms with van der Waals surface area (Å²) in [7, 11) is 0. The summed E-state index contributed by atoms with van der Waals surface area (Å²) in [5.41, 5.74) is 24.1. The van der Waals surface area contributed by atoms with Crippen LogP contribution >= 0.6 is 0 Å². The highest BCUT2D eigenvalue weighted by Gasteiger charge is 2.40. The monoisotopic (exact) mass is 797 g/mol. The fraction of sp³-hybridized carbons (Fsp3) is 0.615. The molecular weight excluding hydrogens is 734 g/mol. The molecular formula is C39H63N11O7. The molecule has 0 unspecified atom stereocenters. The minimum atomic E-state index is -1.20. The first-order valence-electron chi connectivity index (χ1n) is 19.9. The number of carboxylic acids is 1. The van der Waals surface area contributed by atoms with Gasteiger partial charge in [-0.15, -0.1) is 0 Å². The number of carbonyl (C=O) groups is 6. The second-order valence-electron chi connectivity index (χ2n) is 15.3. The maximum absolute atomic E-state index is 14.3. The number of aromatic amines is 1. The first-order chi connectivity index (χ1) is 27.1. The van der Waals surface area contributed by atoms with E-state index in [1.54, 1.807) is 13.1 Å². The average Bonchev–Trinajstić information content (AvgIpc) is 3.86. The SMILES string of the molecule is CC[C@H](C)[C@H](NC(=O)[C@H](Cc1cccc2cc[nH]c12)NC(=O)[C@@H]1CCCN1C(=O)[C@@H](CCCN)NC(=O)[C@@H](N)CCCN=C(N)N)C(=O)N[C@@H](CC(C)C)C(=O)O. The van der Waals surface area contributed by atoms with Crippen LogP contribution in [0.25, 0.3) is 10.9 Å². The number of guanidine groups is 1. The number of aromatic nitrogens is 1. The van der Waals surface area contributed by atoms with Gasteiger partial charge >= 0.3 is 5.97 Å². The van der Waals surface area contributed by atoms with Crippen LogP contribution in [0.5, 0.6) is 0 Å². The van der Waals surface area contributed by atoms with Gasteiger partial charge in [-0.1, -0.05) is 52.3 Å². The molecule has 316 valence electrons. The molecule has 0 aliphatic carbocycles. The smallest absolute Gasteiger partial charge is 0.326 e. The lowest BCUT2D eigenvalue weighted by Crippen LogP contribution is -2.60. The van der Waals surface area contributed by atoms with Crippen molar-refractivity contribution in [3.8, 4) is 0 Å². The molecule has 1 saturated heterocycles. The van der Waals surface area contributed by atoms with Gasteiger partial charge in [-0.05, 0) is 80.3 Å². The minimum absolute atomic E-state index is 0.0157. The van der Waals surface area contributed by atoms with Crippen LogP contribution in [0.4, 0.5) is 0 Å². The highest BCUT2D eigenvalue weighted by atomic mass is 16.4. The van der Waals surface area contributed by atoms with E-state index in [1.807, 2.05) is 45.0 Å². The number of rotatable bonds is 23. The quantitative estimate of drug-likeness (QED) is 0.0403. The van der Waals surface area contributed by atoms with E-state index in [0.29, 0.717) is 32.1 Å². The molecule has 2 aromatic rings. The van der Waals surface area contributed by atoms with Crippen LogP contribution in [0.15, 0.2) is 35.5 Å². The van der Waals surface area contributed by atoms with Crippen LogP contribution < -0.4 is 44.2 Å². The molecule has 0 radical (unpaired) electrons. The number of likely N-dealkylation sites (tertiary alicyclic amines) is 1. The first-order valence-corrected chi connectivity index (χ1v) is 19.9. The predicted octanol–water partition coefficient (Wildman–Crippen LogP) is -0.0628. The molecule has 1 aliphatic heterocycles. The number of carbonyl (C=O) groups excluding carboxylic acids is 5. The van der Waals surface area contributed by atoms with Crippen molar-refractivity contribution in [3.63, 3.8) is 0 Å². The number of aliphatic carboxylic acids is 1. The molecule has 0 bridgehead atoms. The van der Waals surface area contributed by atoms with E-state index in [-0.39, 0.29) is 63.1 Å². The summed E-state index contributed by atoms with van der Waals surface area (Å²) in [5.74, 6) is -4.54. The number of amides is 5. The van der Waals surface area contributed by atoms with Gasteiger partial charge < -0.3 is 59.2 Å². The molecule has 57 heavy (non-hydrogen) atoms. The van der Waals surface area contributed by atoms with Gasteiger partial charge in [-0.2, -0.15) is 0 Å². The molecule has 7 atom stereocenters. The number of nitrogens with one attached hydrogen (secondary N) is 5. The Morgan fingerprint density at radius 2 is 1.65 bits per heavy atom. The van der Waals surface area contributed by atoms with Crippen LogP contribution in [0.3, 0.4) is 0 Å². The van der Waals surface area contributed by atoms with Gasteiger partial charge in [-0.25, -0.2) is 4.79 Å². The van der Waals surface area contributed by atoms with E-state index < -0.39 is 71.8 Å². The van der Waals surface area contributed by atoms with Crippen LogP contribution in [0.1, 0.15) is 84.6 Å². The number of benzene rings is 1. The minimum Gasteiger partial charge on any atom is -0.480 e. The molecule has 0 saturated carbocycles. The van der Waals surface area contributed by atoms with Gasteiger partial charge in [0.1, 0.15) is 30.2 Å². The van der Waals surface area contributed by atoms with Gasteiger partial charge in [0.25, 0.3) is 0 Å². The van der Waals surface area contributed by atoms with Crippen molar-refractivity contribution in [3.05, 3.63) is 36.0 Å². The Labute approximate surface area is 334 Å². The Morgan fingerprint density at radius 1 is 0.930 bits per heavy atom. The van der Waals surface area contributed by atoms with Gasteiger partial charge in [0.2, 0.25) is 29.5 Å². The summed E-state index contributed by atoms with van der Waals surface area (Å²) in [5, 5.41) is 21.7. The number of nitrogens with two attached hydrogens (primary N) is 4. The molecule has 0 spiro atoms. The van der Waals surface area contributed by atoms with Gasteiger partial charge in [0, 0.05) is 31.2 Å². The Morgan fingerprint density at radius 3 is 2.30 bits per heavy atom. The second kappa shape index (κ2) is 22.5. The van der Waals surface area contributed by atoms with Crippen LogP contribution in [0.2, 0.25) is 0 Å². The molecule has 14 N–H and O–H groups in total. The molecule has 3 rings (SSSR count). The van der Waals surface area contributed by atoms with Gasteiger partial charge in [-0.3, -0.25) is 29.0 Å². The number of aliphatic imine (C=N–C) groups is 1. The predicted molar refractivity (Wildman–Crippen MR) is 217 cm³/mol. The number of hydrogen-bond donors (Lipinski definition) is 10. The lowest BCUT2D eigenvalue weighted by molar-refractivity contribution is -0.143. The summed E-state index contributed by atoms with van der Waals surface area (Å²) in [6.07, 6.45) is 4.65.